The second-order valence-electron chi connectivity index (χ2n) is 14.0. The van der Waals surface area contributed by atoms with Crippen molar-refractivity contribution < 1.29 is 9.90 Å². The number of nitrogen functional groups attached to an aromatic ring is 1. The van der Waals surface area contributed by atoms with Gasteiger partial charge in [0.25, 0.3) is 6.47 Å². The SMILES string of the molecule is C.CC(C)c1nc2ccc(N)cc2s1.CC(C)c1nc2ccc(Nc3nc(-c4ccncc4)nc4ccncc34)cc2s1.Clc1nc(-c2ccncc2)nc2ccncc12.O=CO. The number of rotatable bonds is 6. The third-order valence-electron chi connectivity index (χ3n) is 8.91. The first kappa shape index (κ1) is 45.4. The first-order valence-corrected chi connectivity index (χ1v) is 21.2. The van der Waals surface area contributed by atoms with Gasteiger partial charge in [-0.25, -0.2) is 29.9 Å². The van der Waals surface area contributed by atoms with E-state index >= 15 is 0 Å². The van der Waals surface area contributed by atoms with Gasteiger partial charge in [-0.05, 0) is 72.8 Å². The monoisotopic (exact) mass is 894 g/mol. The molecule has 318 valence electrons. The molecule has 10 aromatic rings. The van der Waals surface area contributed by atoms with Crippen molar-refractivity contribution in [3.05, 3.63) is 138 Å². The minimum absolute atomic E-state index is 0. The number of carboxylic acid groups (broad SMARTS) is 1. The van der Waals surface area contributed by atoms with Gasteiger partial charge in [-0.1, -0.05) is 46.7 Å². The van der Waals surface area contributed by atoms with Crippen LogP contribution in [-0.2, 0) is 4.79 Å². The van der Waals surface area contributed by atoms with Crippen molar-refractivity contribution in [3.8, 4) is 22.8 Å². The maximum atomic E-state index is 8.36. The third kappa shape index (κ3) is 11.2. The Kier molecular flexibility index (Phi) is 15.2. The Labute approximate surface area is 376 Å². The lowest BCUT2D eigenvalue weighted by atomic mass is 10.2. The number of hydrogen-bond acceptors (Lipinski definition) is 15. The van der Waals surface area contributed by atoms with Crippen molar-refractivity contribution in [2.24, 2.45) is 0 Å². The van der Waals surface area contributed by atoms with Gasteiger partial charge in [-0.2, -0.15) is 0 Å². The molecule has 0 amide bonds. The fourth-order valence-electron chi connectivity index (χ4n) is 5.87. The lowest BCUT2D eigenvalue weighted by molar-refractivity contribution is -0.122. The summed E-state index contributed by atoms with van der Waals surface area (Å²) in [6, 6.07) is 23.3. The van der Waals surface area contributed by atoms with E-state index in [4.69, 9.17) is 42.2 Å². The molecule has 0 aliphatic heterocycles. The normalized spacial score (nSPS) is 10.7. The Morgan fingerprint density at radius 2 is 1.08 bits per heavy atom. The number of thiazole rings is 2. The topological polar surface area (TPSA) is 204 Å². The van der Waals surface area contributed by atoms with Gasteiger partial charge in [0, 0.05) is 83.9 Å². The number of nitrogens with zero attached hydrogens (tertiary/aromatic N) is 10. The Morgan fingerprint density at radius 1 is 0.603 bits per heavy atom. The molecular formula is C46H43ClN12O2S2. The van der Waals surface area contributed by atoms with Crippen LogP contribution in [0.4, 0.5) is 17.2 Å². The summed E-state index contributed by atoms with van der Waals surface area (Å²) in [5, 5.41) is 14.7. The first-order valence-electron chi connectivity index (χ1n) is 19.2. The third-order valence-corrected chi connectivity index (χ3v) is 11.8. The number of nitrogens with two attached hydrogens (primary N) is 1. The lowest BCUT2D eigenvalue weighted by Crippen LogP contribution is -1.99. The predicted octanol–water partition coefficient (Wildman–Crippen LogP) is 11.6. The molecule has 0 spiro atoms. The largest absolute Gasteiger partial charge is 0.483 e. The molecule has 0 aliphatic rings. The highest BCUT2D eigenvalue weighted by Gasteiger charge is 2.13. The van der Waals surface area contributed by atoms with Gasteiger partial charge in [0.05, 0.1) is 52.3 Å². The average molecular weight is 896 g/mol. The van der Waals surface area contributed by atoms with Crippen LogP contribution in [0.3, 0.4) is 0 Å². The molecule has 2 aromatic carbocycles. The van der Waals surface area contributed by atoms with E-state index in [1.165, 1.54) is 9.71 Å². The molecule has 0 unspecified atom stereocenters. The van der Waals surface area contributed by atoms with Crippen LogP contribution >= 0.6 is 34.3 Å². The van der Waals surface area contributed by atoms with Crippen LogP contribution in [0.2, 0.25) is 5.15 Å². The molecule has 10 rings (SSSR count). The number of nitrogens with one attached hydrogen (secondary N) is 1. The number of halogens is 1. The highest BCUT2D eigenvalue weighted by atomic mass is 35.5. The Bertz CT molecular complexity index is 3100. The number of hydrogen-bond donors (Lipinski definition) is 3. The Balaban J connectivity index is 0.000000165. The van der Waals surface area contributed by atoms with Crippen molar-refractivity contribution in [1.29, 1.82) is 0 Å². The summed E-state index contributed by atoms with van der Waals surface area (Å²) in [5.41, 5.74) is 13.0. The Morgan fingerprint density at radius 3 is 1.63 bits per heavy atom. The summed E-state index contributed by atoms with van der Waals surface area (Å²) in [6.45, 7) is 8.39. The predicted molar refractivity (Wildman–Crippen MR) is 257 cm³/mol. The van der Waals surface area contributed by atoms with Crippen molar-refractivity contribution in [2.45, 2.75) is 47.0 Å². The van der Waals surface area contributed by atoms with Crippen LogP contribution in [0.15, 0.2) is 122 Å². The van der Waals surface area contributed by atoms with Crippen LogP contribution in [0.1, 0.15) is 57.0 Å². The molecule has 8 aromatic heterocycles. The summed E-state index contributed by atoms with van der Waals surface area (Å²) >= 11 is 9.56. The highest BCUT2D eigenvalue weighted by Crippen LogP contribution is 2.32. The van der Waals surface area contributed by atoms with Crippen LogP contribution in [-0.4, -0.2) is 61.4 Å². The molecule has 8 heterocycles. The van der Waals surface area contributed by atoms with Crippen LogP contribution in [0, 0.1) is 0 Å². The second kappa shape index (κ2) is 21.1. The summed E-state index contributed by atoms with van der Waals surface area (Å²) in [5.74, 6) is 2.88. The van der Waals surface area contributed by atoms with E-state index in [9.17, 15) is 0 Å². The molecule has 0 saturated heterocycles. The molecule has 63 heavy (non-hydrogen) atoms. The zero-order chi connectivity index (χ0) is 43.6. The molecule has 0 atom stereocenters. The minimum atomic E-state index is -0.250. The van der Waals surface area contributed by atoms with Crippen molar-refractivity contribution in [1.82, 2.24) is 49.8 Å². The summed E-state index contributed by atoms with van der Waals surface area (Å²) < 4.78 is 2.34. The average Bonchev–Trinajstić information content (AvgIpc) is 3.93. The molecule has 17 heteroatoms. The molecule has 0 saturated carbocycles. The smallest absolute Gasteiger partial charge is 0.290 e. The zero-order valence-corrected chi connectivity index (χ0v) is 36.3. The highest BCUT2D eigenvalue weighted by molar-refractivity contribution is 7.19. The van der Waals surface area contributed by atoms with Gasteiger partial charge in [0.2, 0.25) is 0 Å². The standard InChI is InChI=1S/C22H18N6S.C12H7ClN4.C10H12N2S.CH2O2.CH4/c1-13(2)22-27-18-4-3-15(11-19(18)29-22)25-21-16-12-24-10-7-17(16)26-20(28-21)14-5-8-23-9-6-14;13-11-9-7-15-6-3-10(9)16-12(17-11)8-1-4-14-5-2-8;1-6(2)10-12-8-4-3-7(11)5-9(8)13-10;2-1-3;/h3-13H,1-2H3,(H,25,26,28);1-7H;3-6H,11H2,1-2H3;1H,(H,2,3);1H4. The Hall–Kier alpha value is -7.14. The van der Waals surface area contributed by atoms with Crippen molar-refractivity contribution >= 4 is 100 Å². The van der Waals surface area contributed by atoms with E-state index in [1.54, 1.807) is 72.2 Å². The molecule has 0 radical (unpaired) electrons. The number of aromatic nitrogens is 10. The van der Waals surface area contributed by atoms with Gasteiger partial charge >= 0.3 is 0 Å². The molecule has 0 fully saturated rings. The summed E-state index contributed by atoms with van der Waals surface area (Å²) in [4.78, 5) is 52.1. The maximum Gasteiger partial charge on any atom is 0.290 e. The molecular weight excluding hydrogens is 852 g/mol. The van der Waals surface area contributed by atoms with E-state index in [1.807, 2.05) is 66.7 Å². The number of carbonyl (C=O) groups is 1. The van der Waals surface area contributed by atoms with Crippen molar-refractivity contribution in [3.63, 3.8) is 0 Å². The van der Waals surface area contributed by atoms with Crippen LogP contribution in [0.25, 0.3) is 65.0 Å². The quantitative estimate of drug-likeness (QED) is 0.0807. The van der Waals surface area contributed by atoms with Gasteiger partial charge in [0.1, 0.15) is 11.0 Å². The van der Waals surface area contributed by atoms with E-state index in [0.29, 0.717) is 28.6 Å². The lowest BCUT2D eigenvalue weighted by Gasteiger charge is -2.11. The van der Waals surface area contributed by atoms with E-state index in [2.05, 4.69) is 74.0 Å². The number of benzene rings is 2. The maximum absolute atomic E-state index is 8.36. The molecule has 0 aliphatic carbocycles. The molecule has 14 nitrogen and oxygen atoms in total. The summed E-state index contributed by atoms with van der Waals surface area (Å²) in [7, 11) is 0. The zero-order valence-electron chi connectivity index (χ0n) is 33.9. The van der Waals surface area contributed by atoms with Gasteiger partial charge in [0.15, 0.2) is 11.6 Å². The fraction of sp³-hybridized carbons (Fsp3) is 0.152. The molecule has 4 N–H and O–H groups in total. The van der Waals surface area contributed by atoms with E-state index in [0.717, 1.165) is 70.9 Å². The van der Waals surface area contributed by atoms with E-state index < -0.39 is 0 Å². The second-order valence-corrected chi connectivity index (χ2v) is 16.5. The van der Waals surface area contributed by atoms with Crippen molar-refractivity contribution in [2.75, 3.05) is 11.1 Å². The van der Waals surface area contributed by atoms with Crippen LogP contribution < -0.4 is 11.1 Å². The van der Waals surface area contributed by atoms with E-state index in [-0.39, 0.29) is 13.9 Å². The van der Waals surface area contributed by atoms with Gasteiger partial charge < -0.3 is 16.2 Å². The minimum Gasteiger partial charge on any atom is -0.483 e. The van der Waals surface area contributed by atoms with Gasteiger partial charge in [-0.3, -0.25) is 24.7 Å². The van der Waals surface area contributed by atoms with Crippen LogP contribution in [0.5, 0.6) is 0 Å². The first-order chi connectivity index (χ1) is 30.1. The molecule has 0 bridgehead atoms. The van der Waals surface area contributed by atoms with Gasteiger partial charge in [-0.15, -0.1) is 22.7 Å². The number of fused-ring (bicyclic) bond motifs is 4. The fourth-order valence-corrected chi connectivity index (χ4v) is 8.13. The summed E-state index contributed by atoms with van der Waals surface area (Å²) in [6.07, 6.45) is 13.8. The number of pyridine rings is 4. The number of anilines is 3.